The van der Waals surface area contributed by atoms with E-state index in [0.717, 1.165) is 4.90 Å². The Morgan fingerprint density at radius 3 is 1.90 bits per heavy atom. The molecule has 0 radical (unpaired) electrons. The van der Waals surface area contributed by atoms with E-state index in [2.05, 4.69) is 15.9 Å². The third kappa shape index (κ3) is 2.30. The van der Waals surface area contributed by atoms with Crippen LogP contribution < -0.4 is 0 Å². The minimum atomic E-state index is -3.98. The van der Waals surface area contributed by atoms with Gasteiger partial charge in [0.25, 0.3) is 0 Å². The van der Waals surface area contributed by atoms with Crippen molar-refractivity contribution >= 4 is 37.6 Å². The quantitative estimate of drug-likeness (QED) is 0.539. The summed E-state index contributed by atoms with van der Waals surface area (Å²) < 4.78 is 25.1. The van der Waals surface area contributed by atoms with E-state index < -0.39 is 48.1 Å². The van der Waals surface area contributed by atoms with E-state index in [4.69, 9.17) is 0 Å². The Morgan fingerprint density at radius 2 is 1.48 bits per heavy atom. The van der Waals surface area contributed by atoms with Crippen LogP contribution in [-0.4, -0.2) is 50.8 Å². The summed E-state index contributed by atoms with van der Waals surface area (Å²) in [4.78, 5) is 26.0. The van der Waals surface area contributed by atoms with Crippen LogP contribution in [0.25, 0.3) is 0 Å². The number of hydrogen-bond donors (Lipinski definition) is 1. The molecule has 1 N–H and O–H groups in total. The van der Waals surface area contributed by atoms with Gasteiger partial charge in [-0.2, -0.15) is 0 Å². The predicted molar refractivity (Wildman–Crippen MR) is 111 cm³/mol. The number of fused-ring (bicyclic) bond motifs is 1. The number of rotatable bonds is 4. The first-order valence-electron chi connectivity index (χ1n) is 9.14. The van der Waals surface area contributed by atoms with Gasteiger partial charge < -0.3 is 10.0 Å². The third-order valence-electron chi connectivity index (χ3n) is 6.31. The first kappa shape index (κ1) is 20.1. The highest BCUT2D eigenvalue weighted by molar-refractivity contribution is 9.10. The van der Waals surface area contributed by atoms with E-state index in [1.54, 1.807) is 48.5 Å². The summed E-state index contributed by atoms with van der Waals surface area (Å²) >= 11 is 3.16. The van der Waals surface area contributed by atoms with Gasteiger partial charge in [-0.3, -0.25) is 4.79 Å². The van der Waals surface area contributed by atoms with Crippen molar-refractivity contribution in [2.75, 3.05) is 0 Å². The molecule has 0 spiro atoms. The first-order chi connectivity index (χ1) is 13.6. The van der Waals surface area contributed by atoms with Crippen molar-refractivity contribution in [3.05, 3.63) is 71.8 Å². The average Bonchev–Trinajstić information content (AvgIpc) is 2.83. The molecule has 2 aliphatic rings. The number of nitrogens with zero attached hydrogens (tertiary/aromatic N) is 1. The van der Waals surface area contributed by atoms with E-state index in [9.17, 15) is 23.1 Å². The molecule has 152 valence electrons. The number of halogens is 1. The Kier molecular flexibility index (Phi) is 4.44. The van der Waals surface area contributed by atoms with Crippen molar-refractivity contribution in [2.24, 2.45) is 0 Å². The predicted octanol–water partition coefficient (Wildman–Crippen LogP) is 2.78. The highest BCUT2D eigenvalue weighted by atomic mass is 79.9. The Morgan fingerprint density at radius 1 is 1.03 bits per heavy atom. The van der Waals surface area contributed by atoms with Crippen molar-refractivity contribution in [1.29, 1.82) is 0 Å². The van der Waals surface area contributed by atoms with Gasteiger partial charge in [-0.1, -0.05) is 76.6 Å². The van der Waals surface area contributed by atoms with Crippen LogP contribution in [-0.2, 0) is 19.4 Å². The van der Waals surface area contributed by atoms with Crippen LogP contribution in [0.5, 0.6) is 0 Å². The molecule has 2 aromatic carbocycles. The van der Waals surface area contributed by atoms with E-state index in [-0.39, 0.29) is 0 Å². The highest BCUT2D eigenvalue weighted by Gasteiger charge is 2.81. The fraction of sp³-hybridized carbons (Fsp3) is 0.333. The maximum atomic E-state index is 13.4. The van der Waals surface area contributed by atoms with Crippen LogP contribution in [0.15, 0.2) is 60.7 Å². The Bertz CT molecular complexity index is 1050. The molecular formula is C21H20BrNO5S. The summed E-state index contributed by atoms with van der Waals surface area (Å²) in [5.41, 5.74) is -0.729. The molecule has 2 heterocycles. The van der Waals surface area contributed by atoms with Crippen LogP contribution in [0.2, 0.25) is 0 Å². The van der Waals surface area contributed by atoms with Crippen molar-refractivity contribution in [3.63, 3.8) is 0 Å². The molecular weight excluding hydrogens is 458 g/mol. The lowest BCUT2D eigenvalue weighted by Crippen LogP contribution is -2.73. The van der Waals surface area contributed by atoms with Crippen LogP contribution in [0, 0.1) is 0 Å². The molecule has 2 aromatic rings. The normalized spacial score (nSPS) is 29.4. The van der Waals surface area contributed by atoms with E-state index in [0.29, 0.717) is 11.1 Å². The monoisotopic (exact) mass is 477 g/mol. The van der Waals surface area contributed by atoms with Crippen molar-refractivity contribution in [2.45, 2.75) is 40.3 Å². The summed E-state index contributed by atoms with van der Waals surface area (Å²) in [6, 6.07) is 17.8. The van der Waals surface area contributed by atoms with Gasteiger partial charge in [0, 0.05) is 5.92 Å². The van der Waals surface area contributed by atoms with Gasteiger partial charge in [-0.05, 0) is 25.0 Å². The molecule has 2 saturated heterocycles. The minimum Gasteiger partial charge on any atom is -0.479 e. The molecule has 2 aliphatic heterocycles. The molecule has 8 heteroatoms. The molecule has 0 bridgehead atoms. The highest BCUT2D eigenvalue weighted by Crippen LogP contribution is 2.60. The molecule has 6 nitrogen and oxygen atoms in total. The van der Waals surface area contributed by atoms with Gasteiger partial charge in [-0.15, -0.1) is 0 Å². The topological polar surface area (TPSA) is 91.8 Å². The van der Waals surface area contributed by atoms with Crippen LogP contribution in [0.4, 0.5) is 0 Å². The second-order valence-electron chi connectivity index (χ2n) is 7.88. The number of amides is 1. The fourth-order valence-electron chi connectivity index (χ4n) is 4.84. The molecule has 0 saturated carbocycles. The van der Waals surface area contributed by atoms with E-state index in [1.165, 1.54) is 13.8 Å². The van der Waals surface area contributed by atoms with Crippen LogP contribution in [0.3, 0.4) is 0 Å². The number of alkyl halides is 1. The summed E-state index contributed by atoms with van der Waals surface area (Å²) in [7, 11) is -3.98. The van der Waals surface area contributed by atoms with E-state index in [1.807, 2.05) is 12.1 Å². The number of β-lactam (4-membered cyclic amide) rings is 1. The maximum Gasteiger partial charge on any atom is 0.332 e. The lowest BCUT2D eigenvalue weighted by atomic mass is 9.66. The number of sulfone groups is 1. The van der Waals surface area contributed by atoms with Gasteiger partial charge in [0.05, 0.1) is 0 Å². The second-order valence-corrected chi connectivity index (χ2v) is 11.5. The minimum absolute atomic E-state index is 0.525. The Balaban J connectivity index is 2.10. The number of aliphatic carboxylic acids is 1. The zero-order valence-corrected chi connectivity index (χ0v) is 18.2. The zero-order valence-electron chi connectivity index (χ0n) is 15.8. The molecule has 0 aliphatic carbocycles. The number of benzene rings is 2. The number of hydrogen-bond acceptors (Lipinski definition) is 4. The molecule has 0 unspecified atom stereocenters. The van der Waals surface area contributed by atoms with Gasteiger partial charge in [0.15, 0.2) is 20.8 Å². The molecule has 3 atom stereocenters. The summed E-state index contributed by atoms with van der Waals surface area (Å²) in [5.74, 6) is -2.73. The maximum absolute atomic E-state index is 13.4. The largest absolute Gasteiger partial charge is 0.479 e. The molecule has 29 heavy (non-hydrogen) atoms. The van der Waals surface area contributed by atoms with Crippen molar-refractivity contribution in [3.8, 4) is 0 Å². The average molecular weight is 478 g/mol. The second kappa shape index (κ2) is 6.40. The summed E-state index contributed by atoms with van der Waals surface area (Å²) in [6.07, 6.45) is 0. The van der Waals surface area contributed by atoms with Gasteiger partial charge >= 0.3 is 5.97 Å². The van der Waals surface area contributed by atoms with E-state index >= 15 is 0 Å². The lowest BCUT2D eigenvalue weighted by Gasteiger charge is -2.51. The SMILES string of the molecule is CC1(C)[C@@](C(=O)O)(C(c2ccccc2)c2ccccc2)N2C(=O)[C@H](Br)[C@H]2S1(=O)=O. The number of carbonyl (C=O) groups excluding carboxylic acids is 1. The summed E-state index contributed by atoms with van der Waals surface area (Å²) in [6.45, 7) is 2.83. The standard InChI is InChI=1S/C21H20BrNO5S/c1-20(2)21(19(25)26,23-17(24)16(22)18(23)29(20,27)28)15(13-9-5-3-6-10-13)14-11-7-4-8-12-14/h3-12,15-16,18H,1-2H3,(H,25,26)/t16-,18+,21-/m0/s1. The molecule has 0 aromatic heterocycles. The first-order valence-corrected chi connectivity index (χ1v) is 11.6. The lowest BCUT2D eigenvalue weighted by molar-refractivity contribution is -0.168. The smallest absolute Gasteiger partial charge is 0.332 e. The van der Waals surface area contributed by atoms with Crippen molar-refractivity contribution < 1.29 is 23.1 Å². The molecule has 4 rings (SSSR count). The summed E-state index contributed by atoms with van der Waals surface area (Å²) in [5, 5.41) is 9.37. The van der Waals surface area contributed by atoms with Gasteiger partial charge in [0.2, 0.25) is 5.91 Å². The van der Waals surface area contributed by atoms with Crippen LogP contribution >= 0.6 is 15.9 Å². The number of carbonyl (C=O) groups is 2. The third-order valence-corrected chi connectivity index (χ3v) is 10.4. The van der Waals surface area contributed by atoms with Gasteiger partial charge in [0.1, 0.15) is 9.57 Å². The molecule has 1 amide bonds. The Hall–Kier alpha value is -2.19. The van der Waals surface area contributed by atoms with Crippen LogP contribution in [0.1, 0.15) is 30.9 Å². The Labute approximate surface area is 177 Å². The number of carboxylic acids is 1. The van der Waals surface area contributed by atoms with Crippen molar-refractivity contribution in [1.82, 2.24) is 4.90 Å². The van der Waals surface area contributed by atoms with Gasteiger partial charge in [-0.25, -0.2) is 13.2 Å². The molecule has 2 fully saturated rings. The zero-order chi connectivity index (χ0) is 21.2. The number of carboxylic acid groups (broad SMARTS) is 1. The fourth-order valence-corrected chi connectivity index (χ4v) is 8.47.